The van der Waals surface area contributed by atoms with Crippen molar-refractivity contribution < 1.29 is 9.53 Å². The van der Waals surface area contributed by atoms with Gasteiger partial charge in [-0.05, 0) is 19.4 Å². The van der Waals surface area contributed by atoms with E-state index < -0.39 is 0 Å². The molecule has 0 amide bonds. The van der Waals surface area contributed by atoms with Crippen LogP contribution >= 0.6 is 0 Å². The molecule has 1 atom stereocenters. The Kier molecular flexibility index (Phi) is 7.27. The Morgan fingerprint density at radius 2 is 2.00 bits per heavy atom. The standard InChI is InChI=1S/C14H22O2/c1-6-7-8-12(4)14(15)16-13(5)10-9-11(2)3/h9-10,12H,2,5-8H2,1,3-4H3/b10-9-/t12-/m0/s1. The van der Waals surface area contributed by atoms with Gasteiger partial charge in [-0.1, -0.05) is 51.5 Å². The van der Waals surface area contributed by atoms with Crippen LogP contribution in [0.5, 0.6) is 0 Å². The topological polar surface area (TPSA) is 26.3 Å². The van der Waals surface area contributed by atoms with Gasteiger partial charge < -0.3 is 4.74 Å². The van der Waals surface area contributed by atoms with Crippen LogP contribution in [-0.4, -0.2) is 5.97 Å². The van der Waals surface area contributed by atoms with Crippen LogP contribution in [0.15, 0.2) is 36.6 Å². The fraction of sp³-hybridized carbons (Fsp3) is 0.500. The second-order valence-corrected chi connectivity index (χ2v) is 4.11. The van der Waals surface area contributed by atoms with Crippen molar-refractivity contribution in [1.82, 2.24) is 0 Å². The lowest BCUT2D eigenvalue weighted by Crippen LogP contribution is -2.13. The van der Waals surface area contributed by atoms with Gasteiger partial charge in [-0.2, -0.15) is 0 Å². The molecule has 0 rings (SSSR count). The molecule has 0 fully saturated rings. The number of unbranched alkanes of at least 4 members (excludes halogenated alkanes) is 1. The Hall–Kier alpha value is -1.31. The van der Waals surface area contributed by atoms with Crippen LogP contribution < -0.4 is 0 Å². The molecular weight excluding hydrogens is 200 g/mol. The Labute approximate surface area is 98.7 Å². The summed E-state index contributed by atoms with van der Waals surface area (Å²) in [6.45, 7) is 13.2. The predicted molar refractivity (Wildman–Crippen MR) is 67.9 cm³/mol. The maximum absolute atomic E-state index is 11.6. The molecule has 0 aliphatic carbocycles. The molecular formula is C14H22O2. The van der Waals surface area contributed by atoms with E-state index in [9.17, 15) is 4.79 Å². The fourth-order valence-electron chi connectivity index (χ4n) is 1.13. The maximum Gasteiger partial charge on any atom is 0.314 e. The van der Waals surface area contributed by atoms with E-state index in [1.165, 1.54) is 0 Å². The molecule has 0 saturated carbocycles. The molecule has 0 saturated heterocycles. The number of hydrogen-bond acceptors (Lipinski definition) is 2. The summed E-state index contributed by atoms with van der Waals surface area (Å²) in [4.78, 5) is 11.6. The van der Waals surface area contributed by atoms with Crippen LogP contribution in [0.1, 0.15) is 40.0 Å². The molecule has 2 nitrogen and oxygen atoms in total. The molecule has 0 aliphatic rings. The van der Waals surface area contributed by atoms with Crippen molar-refractivity contribution in [3.8, 4) is 0 Å². The summed E-state index contributed by atoms with van der Waals surface area (Å²) in [6.07, 6.45) is 6.43. The summed E-state index contributed by atoms with van der Waals surface area (Å²) in [7, 11) is 0. The van der Waals surface area contributed by atoms with Gasteiger partial charge in [0.05, 0.1) is 5.92 Å². The van der Waals surface area contributed by atoms with E-state index in [-0.39, 0.29) is 11.9 Å². The van der Waals surface area contributed by atoms with Crippen molar-refractivity contribution in [2.45, 2.75) is 40.0 Å². The molecule has 90 valence electrons. The smallest absolute Gasteiger partial charge is 0.314 e. The Bertz CT molecular complexity index is 287. The van der Waals surface area contributed by atoms with Gasteiger partial charge in [0.25, 0.3) is 0 Å². The summed E-state index contributed by atoms with van der Waals surface area (Å²) in [6, 6.07) is 0. The number of carbonyl (C=O) groups is 1. The van der Waals surface area contributed by atoms with E-state index in [2.05, 4.69) is 20.1 Å². The van der Waals surface area contributed by atoms with Crippen LogP contribution in [-0.2, 0) is 9.53 Å². The fourth-order valence-corrected chi connectivity index (χ4v) is 1.13. The van der Waals surface area contributed by atoms with Crippen LogP contribution in [0.25, 0.3) is 0 Å². The predicted octanol–water partition coefficient (Wildman–Crippen LogP) is 4.00. The van der Waals surface area contributed by atoms with E-state index in [0.29, 0.717) is 5.76 Å². The number of rotatable bonds is 7. The minimum atomic E-state index is -0.204. The Morgan fingerprint density at radius 3 is 2.50 bits per heavy atom. The van der Waals surface area contributed by atoms with E-state index in [4.69, 9.17) is 4.74 Å². The van der Waals surface area contributed by atoms with Crippen molar-refractivity contribution in [1.29, 1.82) is 0 Å². The number of carbonyl (C=O) groups excluding carboxylic acids is 1. The summed E-state index contributed by atoms with van der Waals surface area (Å²) in [5.41, 5.74) is 0.899. The lowest BCUT2D eigenvalue weighted by atomic mass is 10.1. The zero-order valence-electron chi connectivity index (χ0n) is 10.6. The van der Waals surface area contributed by atoms with Crippen LogP contribution in [0.4, 0.5) is 0 Å². The molecule has 0 spiro atoms. The highest BCUT2D eigenvalue weighted by Gasteiger charge is 2.14. The van der Waals surface area contributed by atoms with E-state index in [0.717, 1.165) is 24.8 Å². The summed E-state index contributed by atoms with van der Waals surface area (Å²) in [5, 5.41) is 0. The first-order chi connectivity index (χ1) is 7.47. The van der Waals surface area contributed by atoms with Crippen LogP contribution in [0.2, 0.25) is 0 Å². The highest BCUT2D eigenvalue weighted by molar-refractivity contribution is 5.73. The summed E-state index contributed by atoms with van der Waals surface area (Å²) >= 11 is 0. The molecule has 0 unspecified atom stereocenters. The maximum atomic E-state index is 11.6. The van der Waals surface area contributed by atoms with E-state index in [1.807, 2.05) is 13.8 Å². The third-order valence-electron chi connectivity index (χ3n) is 2.18. The first-order valence-electron chi connectivity index (χ1n) is 5.71. The molecule has 0 aromatic heterocycles. The van der Waals surface area contributed by atoms with Crippen LogP contribution in [0.3, 0.4) is 0 Å². The molecule has 0 aromatic rings. The molecule has 2 heteroatoms. The van der Waals surface area contributed by atoms with Gasteiger partial charge in [-0.3, -0.25) is 4.79 Å². The van der Waals surface area contributed by atoms with Crippen molar-refractivity contribution in [2.75, 3.05) is 0 Å². The molecule has 0 radical (unpaired) electrons. The number of esters is 1. The summed E-state index contributed by atoms with van der Waals surface area (Å²) in [5.74, 6) is 0.107. The molecule has 0 aliphatic heterocycles. The zero-order chi connectivity index (χ0) is 12.6. The van der Waals surface area contributed by atoms with Gasteiger partial charge in [-0.25, -0.2) is 0 Å². The lowest BCUT2D eigenvalue weighted by Gasteiger charge is -2.10. The Balaban J connectivity index is 4.03. The molecule has 0 heterocycles. The van der Waals surface area contributed by atoms with Crippen molar-refractivity contribution in [2.24, 2.45) is 5.92 Å². The monoisotopic (exact) mass is 222 g/mol. The van der Waals surface area contributed by atoms with Crippen molar-refractivity contribution in [3.05, 3.63) is 36.6 Å². The Morgan fingerprint density at radius 1 is 1.38 bits per heavy atom. The van der Waals surface area contributed by atoms with Gasteiger partial charge in [0, 0.05) is 0 Å². The van der Waals surface area contributed by atoms with Gasteiger partial charge in [0.2, 0.25) is 0 Å². The third-order valence-corrected chi connectivity index (χ3v) is 2.18. The van der Waals surface area contributed by atoms with Crippen LogP contribution in [0, 0.1) is 5.92 Å². The average molecular weight is 222 g/mol. The summed E-state index contributed by atoms with van der Waals surface area (Å²) < 4.78 is 5.10. The van der Waals surface area contributed by atoms with E-state index >= 15 is 0 Å². The minimum Gasteiger partial charge on any atom is -0.427 e. The van der Waals surface area contributed by atoms with Gasteiger partial charge in [-0.15, -0.1) is 0 Å². The first kappa shape index (κ1) is 14.7. The highest BCUT2D eigenvalue weighted by Crippen LogP contribution is 2.12. The van der Waals surface area contributed by atoms with Gasteiger partial charge >= 0.3 is 5.97 Å². The highest BCUT2D eigenvalue weighted by atomic mass is 16.5. The van der Waals surface area contributed by atoms with Gasteiger partial charge in [0.15, 0.2) is 0 Å². The second kappa shape index (κ2) is 7.91. The lowest BCUT2D eigenvalue weighted by molar-refractivity contribution is -0.143. The minimum absolute atomic E-state index is 0.0603. The van der Waals surface area contributed by atoms with Crippen molar-refractivity contribution >= 4 is 5.97 Å². The second-order valence-electron chi connectivity index (χ2n) is 4.11. The SMILES string of the molecule is C=C(C)/C=C\C(=C)OC(=O)[C@@H](C)CCCC. The number of hydrogen-bond donors (Lipinski definition) is 0. The van der Waals surface area contributed by atoms with Crippen molar-refractivity contribution in [3.63, 3.8) is 0 Å². The average Bonchev–Trinajstić information content (AvgIpc) is 2.22. The third kappa shape index (κ3) is 7.04. The number of ether oxygens (including phenoxy) is 1. The normalized spacial score (nSPS) is 12.4. The first-order valence-corrected chi connectivity index (χ1v) is 5.71. The quantitative estimate of drug-likeness (QED) is 0.370. The van der Waals surface area contributed by atoms with E-state index in [1.54, 1.807) is 12.2 Å². The molecule has 0 N–H and O–H groups in total. The zero-order valence-corrected chi connectivity index (χ0v) is 10.6. The largest absolute Gasteiger partial charge is 0.427 e. The molecule has 16 heavy (non-hydrogen) atoms. The van der Waals surface area contributed by atoms with Gasteiger partial charge in [0.1, 0.15) is 5.76 Å². The number of allylic oxidation sites excluding steroid dienone is 3. The molecule has 0 bridgehead atoms. The molecule has 0 aromatic carbocycles.